The minimum atomic E-state index is -0.259. The van der Waals surface area contributed by atoms with Gasteiger partial charge in [0.05, 0.1) is 5.92 Å². The standard InChI is InChI=1S/C21H23NO5/c1-12-6-16(12)21(24)25-10-18(23)17-7-13(2)22(14(17)3)9-15-4-5-19-20(8-15)27-11-26-19/h4-5,7-8,12,16H,6,9-11H2,1-3H3/t12-,16+/m1/s1. The van der Waals surface area contributed by atoms with E-state index in [-0.39, 0.29) is 31.1 Å². The van der Waals surface area contributed by atoms with Crippen LogP contribution >= 0.6 is 0 Å². The lowest BCUT2D eigenvalue weighted by molar-refractivity contribution is -0.144. The molecule has 6 heteroatoms. The Hall–Kier alpha value is -2.76. The van der Waals surface area contributed by atoms with Crippen molar-refractivity contribution in [3.05, 3.63) is 46.8 Å². The Morgan fingerprint density at radius 3 is 2.67 bits per heavy atom. The molecule has 1 aliphatic heterocycles. The van der Waals surface area contributed by atoms with Crippen molar-refractivity contribution in [2.45, 2.75) is 33.7 Å². The van der Waals surface area contributed by atoms with E-state index >= 15 is 0 Å². The van der Waals surface area contributed by atoms with Crippen molar-refractivity contribution >= 4 is 11.8 Å². The number of fused-ring (bicyclic) bond motifs is 1. The molecule has 0 N–H and O–H groups in total. The third-order valence-electron chi connectivity index (χ3n) is 5.41. The number of esters is 1. The van der Waals surface area contributed by atoms with Crippen molar-refractivity contribution in [2.75, 3.05) is 13.4 Å². The predicted octanol–water partition coefficient (Wildman–Crippen LogP) is 3.26. The van der Waals surface area contributed by atoms with E-state index in [1.54, 1.807) is 0 Å². The topological polar surface area (TPSA) is 66.8 Å². The van der Waals surface area contributed by atoms with Gasteiger partial charge in [0.1, 0.15) is 0 Å². The van der Waals surface area contributed by atoms with Gasteiger partial charge in [-0.05, 0) is 49.9 Å². The monoisotopic (exact) mass is 369 g/mol. The number of aromatic nitrogens is 1. The average Bonchev–Trinajstić information content (AvgIpc) is 3.09. The molecule has 1 fully saturated rings. The number of carbonyl (C=O) groups is 2. The first-order valence-electron chi connectivity index (χ1n) is 9.19. The van der Waals surface area contributed by atoms with E-state index in [9.17, 15) is 9.59 Å². The molecule has 0 spiro atoms. The van der Waals surface area contributed by atoms with Gasteiger partial charge in [-0.2, -0.15) is 0 Å². The number of rotatable bonds is 6. The second-order valence-corrected chi connectivity index (χ2v) is 7.41. The maximum atomic E-state index is 12.5. The van der Waals surface area contributed by atoms with Gasteiger partial charge in [0.2, 0.25) is 12.6 Å². The third-order valence-corrected chi connectivity index (χ3v) is 5.41. The van der Waals surface area contributed by atoms with Crippen molar-refractivity contribution in [3.8, 4) is 11.5 Å². The Labute approximate surface area is 158 Å². The molecule has 1 aromatic heterocycles. The van der Waals surface area contributed by atoms with E-state index in [0.717, 1.165) is 34.9 Å². The summed E-state index contributed by atoms with van der Waals surface area (Å²) in [6.07, 6.45) is 0.858. The molecule has 142 valence electrons. The Morgan fingerprint density at radius 2 is 1.93 bits per heavy atom. The highest BCUT2D eigenvalue weighted by Gasteiger charge is 2.40. The molecule has 0 unspecified atom stereocenters. The highest BCUT2D eigenvalue weighted by molar-refractivity contribution is 5.99. The lowest BCUT2D eigenvalue weighted by Gasteiger charge is -2.11. The van der Waals surface area contributed by atoms with Crippen molar-refractivity contribution in [1.29, 1.82) is 0 Å². The maximum Gasteiger partial charge on any atom is 0.309 e. The first kappa shape index (κ1) is 17.6. The van der Waals surface area contributed by atoms with Crippen LogP contribution in [0.5, 0.6) is 11.5 Å². The average molecular weight is 369 g/mol. The van der Waals surface area contributed by atoms with Crippen molar-refractivity contribution < 1.29 is 23.8 Å². The molecule has 2 atom stereocenters. The number of benzene rings is 1. The fraction of sp³-hybridized carbons (Fsp3) is 0.429. The summed E-state index contributed by atoms with van der Waals surface area (Å²) in [6.45, 7) is 6.57. The highest BCUT2D eigenvalue weighted by Crippen LogP contribution is 2.38. The minimum absolute atomic E-state index is 0.0313. The van der Waals surface area contributed by atoms with E-state index in [0.29, 0.717) is 18.0 Å². The SMILES string of the molecule is Cc1cc(C(=O)COC(=O)[C@H]2C[C@H]2C)c(C)n1Cc1ccc2c(c1)OCO2. The molecule has 2 aromatic rings. The molecular formula is C21H23NO5. The van der Waals surface area contributed by atoms with Crippen LogP contribution in [0.25, 0.3) is 0 Å². The second-order valence-electron chi connectivity index (χ2n) is 7.41. The summed E-state index contributed by atoms with van der Waals surface area (Å²) in [5.41, 5.74) is 3.51. The van der Waals surface area contributed by atoms with Crippen LogP contribution in [0.4, 0.5) is 0 Å². The molecule has 0 amide bonds. The van der Waals surface area contributed by atoms with Crippen LogP contribution in [0.2, 0.25) is 0 Å². The smallest absolute Gasteiger partial charge is 0.309 e. The van der Waals surface area contributed by atoms with Gasteiger partial charge in [0.25, 0.3) is 0 Å². The van der Waals surface area contributed by atoms with Crippen LogP contribution in [0, 0.1) is 25.7 Å². The first-order chi connectivity index (χ1) is 12.9. The number of carbonyl (C=O) groups excluding carboxylic acids is 2. The largest absolute Gasteiger partial charge is 0.457 e. The molecule has 0 radical (unpaired) electrons. The summed E-state index contributed by atoms with van der Waals surface area (Å²) >= 11 is 0. The second kappa shape index (κ2) is 6.76. The quantitative estimate of drug-likeness (QED) is 0.578. The van der Waals surface area contributed by atoms with E-state index in [2.05, 4.69) is 4.57 Å². The van der Waals surface area contributed by atoms with Crippen LogP contribution < -0.4 is 9.47 Å². The van der Waals surface area contributed by atoms with Gasteiger partial charge in [-0.3, -0.25) is 9.59 Å². The molecule has 4 rings (SSSR count). The van der Waals surface area contributed by atoms with Gasteiger partial charge in [-0.25, -0.2) is 0 Å². The Balaban J connectivity index is 1.46. The summed E-state index contributed by atoms with van der Waals surface area (Å²) in [5.74, 6) is 1.41. The minimum Gasteiger partial charge on any atom is -0.457 e. The van der Waals surface area contributed by atoms with Gasteiger partial charge in [0.15, 0.2) is 18.1 Å². The number of ether oxygens (including phenoxy) is 3. The van der Waals surface area contributed by atoms with Crippen LogP contribution in [0.3, 0.4) is 0 Å². The number of aryl methyl sites for hydroxylation is 1. The van der Waals surface area contributed by atoms with Crippen molar-refractivity contribution in [3.63, 3.8) is 0 Å². The molecule has 0 bridgehead atoms. The number of nitrogens with zero attached hydrogens (tertiary/aromatic N) is 1. The molecule has 1 saturated carbocycles. The first-order valence-corrected chi connectivity index (χ1v) is 9.19. The zero-order valence-corrected chi connectivity index (χ0v) is 15.8. The molecular weight excluding hydrogens is 346 g/mol. The van der Waals surface area contributed by atoms with Gasteiger partial charge >= 0.3 is 5.97 Å². The summed E-state index contributed by atoms with van der Waals surface area (Å²) in [6, 6.07) is 7.71. The van der Waals surface area contributed by atoms with E-state index in [1.165, 1.54) is 0 Å². The van der Waals surface area contributed by atoms with E-state index < -0.39 is 0 Å². The number of ketones is 1. The van der Waals surface area contributed by atoms with E-state index in [4.69, 9.17) is 14.2 Å². The molecule has 2 heterocycles. The summed E-state index contributed by atoms with van der Waals surface area (Å²) in [5, 5.41) is 0. The van der Waals surface area contributed by atoms with Gasteiger partial charge in [0, 0.05) is 23.5 Å². The summed E-state index contributed by atoms with van der Waals surface area (Å²) in [4.78, 5) is 24.4. The fourth-order valence-corrected chi connectivity index (χ4v) is 3.52. The normalized spacial score (nSPS) is 19.8. The molecule has 0 saturated heterocycles. The fourth-order valence-electron chi connectivity index (χ4n) is 3.52. The van der Waals surface area contributed by atoms with Gasteiger partial charge in [-0.15, -0.1) is 0 Å². The zero-order valence-electron chi connectivity index (χ0n) is 15.8. The van der Waals surface area contributed by atoms with Crippen LogP contribution in [-0.4, -0.2) is 29.7 Å². The van der Waals surface area contributed by atoms with Crippen molar-refractivity contribution in [2.24, 2.45) is 11.8 Å². The van der Waals surface area contributed by atoms with Crippen molar-refractivity contribution in [1.82, 2.24) is 4.57 Å². The molecule has 1 aliphatic carbocycles. The van der Waals surface area contributed by atoms with Crippen LogP contribution in [0.15, 0.2) is 24.3 Å². The third kappa shape index (κ3) is 3.44. The number of Topliss-reactive ketones (excluding diaryl/α,β-unsaturated/α-hetero) is 1. The Kier molecular flexibility index (Phi) is 4.42. The predicted molar refractivity (Wildman–Crippen MR) is 98.1 cm³/mol. The van der Waals surface area contributed by atoms with Gasteiger partial charge in [-0.1, -0.05) is 13.0 Å². The summed E-state index contributed by atoms with van der Waals surface area (Å²) in [7, 11) is 0. The molecule has 6 nitrogen and oxygen atoms in total. The lowest BCUT2D eigenvalue weighted by Crippen LogP contribution is -2.16. The number of hydrogen-bond donors (Lipinski definition) is 0. The molecule has 1 aromatic carbocycles. The van der Waals surface area contributed by atoms with Crippen LogP contribution in [0.1, 0.15) is 40.7 Å². The maximum absolute atomic E-state index is 12.5. The van der Waals surface area contributed by atoms with E-state index in [1.807, 2.05) is 45.0 Å². The number of hydrogen-bond acceptors (Lipinski definition) is 5. The lowest BCUT2D eigenvalue weighted by atomic mass is 10.1. The van der Waals surface area contributed by atoms with Gasteiger partial charge < -0.3 is 18.8 Å². The molecule has 2 aliphatic rings. The highest BCUT2D eigenvalue weighted by atomic mass is 16.7. The van der Waals surface area contributed by atoms with Crippen LogP contribution in [-0.2, 0) is 16.1 Å². The molecule has 27 heavy (non-hydrogen) atoms. The Morgan fingerprint density at radius 1 is 1.19 bits per heavy atom. The Bertz CT molecular complexity index is 914. The zero-order chi connectivity index (χ0) is 19.1. The summed E-state index contributed by atoms with van der Waals surface area (Å²) < 4.78 is 18.1.